The Morgan fingerprint density at radius 2 is 2.00 bits per heavy atom. The molecule has 3 aromatic rings. The molecule has 1 aromatic carbocycles. The van der Waals surface area contributed by atoms with Gasteiger partial charge in [0.1, 0.15) is 0 Å². The van der Waals surface area contributed by atoms with E-state index in [1.54, 1.807) is 16.6 Å². The van der Waals surface area contributed by atoms with Crippen LogP contribution in [0.15, 0.2) is 35.5 Å². The summed E-state index contributed by atoms with van der Waals surface area (Å²) in [7, 11) is 1.49. The van der Waals surface area contributed by atoms with Gasteiger partial charge in [0.2, 0.25) is 5.16 Å². The van der Waals surface area contributed by atoms with Crippen molar-refractivity contribution in [3.63, 3.8) is 0 Å². The van der Waals surface area contributed by atoms with Gasteiger partial charge in [0.15, 0.2) is 6.61 Å². The summed E-state index contributed by atoms with van der Waals surface area (Å²) in [5.41, 5.74) is 3.04. The molecule has 0 fully saturated rings. The summed E-state index contributed by atoms with van der Waals surface area (Å²) in [6, 6.07) is 9.05. The van der Waals surface area contributed by atoms with Crippen molar-refractivity contribution in [1.29, 1.82) is 0 Å². The summed E-state index contributed by atoms with van der Waals surface area (Å²) in [6.45, 7) is 3.55. The molecular weight excluding hydrogens is 366 g/mol. The van der Waals surface area contributed by atoms with E-state index in [4.69, 9.17) is 4.74 Å². The number of amides is 1. The molecule has 2 heterocycles. The van der Waals surface area contributed by atoms with Crippen LogP contribution in [0, 0.1) is 13.8 Å². The molecule has 8 nitrogen and oxygen atoms in total. The van der Waals surface area contributed by atoms with E-state index in [-0.39, 0.29) is 12.5 Å². The van der Waals surface area contributed by atoms with Crippen LogP contribution in [0.2, 0.25) is 0 Å². The highest BCUT2D eigenvalue weighted by Gasteiger charge is 2.15. The molecule has 0 spiro atoms. The monoisotopic (exact) mass is 385 g/mol. The van der Waals surface area contributed by atoms with Gasteiger partial charge in [0, 0.05) is 24.2 Å². The minimum atomic E-state index is -0.536. The summed E-state index contributed by atoms with van der Waals surface area (Å²) >= 11 is 1.40. The van der Waals surface area contributed by atoms with Gasteiger partial charge in [-0.15, -0.1) is 5.10 Å². The summed E-state index contributed by atoms with van der Waals surface area (Å²) in [6.07, 6.45) is 0. The van der Waals surface area contributed by atoms with E-state index in [1.807, 2.05) is 32.0 Å². The summed E-state index contributed by atoms with van der Waals surface area (Å²) in [5.74, 6) is 0.140. The van der Waals surface area contributed by atoms with E-state index in [0.29, 0.717) is 22.3 Å². The lowest BCUT2D eigenvalue weighted by Gasteiger charge is -2.08. The van der Waals surface area contributed by atoms with E-state index >= 15 is 0 Å². The molecule has 140 valence electrons. The Morgan fingerprint density at radius 1 is 1.22 bits per heavy atom. The average Bonchev–Trinajstić information content (AvgIpc) is 3.07. The predicted octanol–water partition coefficient (Wildman–Crippen LogP) is 1.94. The van der Waals surface area contributed by atoms with Gasteiger partial charge in [-0.2, -0.15) is 4.98 Å². The molecule has 2 aromatic heterocycles. The Kier molecular flexibility index (Phi) is 5.70. The van der Waals surface area contributed by atoms with Crippen LogP contribution in [0.1, 0.15) is 27.3 Å². The fraction of sp³-hybridized carbons (Fsp3) is 0.278. The first-order valence-corrected chi connectivity index (χ1v) is 9.26. The number of ether oxygens (including phenoxy) is 1. The zero-order valence-corrected chi connectivity index (χ0v) is 16.0. The van der Waals surface area contributed by atoms with Gasteiger partial charge in [0.05, 0.1) is 5.56 Å². The second-order valence-electron chi connectivity index (χ2n) is 5.84. The quantitative estimate of drug-likeness (QED) is 0.511. The average molecular weight is 385 g/mol. The summed E-state index contributed by atoms with van der Waals surface area (Å²) in [5, 5.41) is 7.43. The first kappa shape index (κ1) is 18.8. The highest BCUT2D eigenvalue weighted by molar-refractivity contribution is 7.98. The number of aromatic nitrogens is 4. The molecule has 0 saturated carbocycles. The molecule has 1 amide bonds. The maximum atomic E-state index is 12.3. The number of fused-ring (bicyclic) bond motifs is 1. The summed E-state index contributed by atoms with van der Waals surface area (Å²) in [4.78, 5) is 32.3. The first-order chi connectivity index (χ1) is 13.0. The molecule has 0 aliphatic heterocycles. The standard InChI is InChI=1S/C18H19N5O3S/c1-11-8-12(2)23-17(20-11)21-18(22-23)27-10-13-6-4-5-7-14(13)16(25)26-9-15(24)19-3/h4-8H,9-10H2,1-3H3,(H,19,24). The highest BCUT2D eigenvalue weighted by Crippen LogP contribution is 2.23. The third kappa shape index (κ3) is 4.43. The van der Waals surface area contributed by atoms with Crippen molar-refractivity contribution in [1.82, 2.24) is 24.9 Å². The van der Waals surface area contributed by atoms with Gasteiger partial charge >= 0.3 is 5.97 Å². The molecule has 0 aliphatic rings. The van der Waals surface area contributed by atoms with Crippen LogP contribution in [0.25, 0.3) is 5.78 Å². The first-order valence-electron chi connectivity index (χ1n) is 8.27. The van der Waals surface area contributed by atoms with Gasteiger partial charge < -0.3 is 10.1 Å². The van der Waals surface area contributed by atoms with Crippen LogP contribution in [-0.4, -0.2) is 45.1 Å². The number of carbonyl (C=O) groups excluding carboxylic acids is 2. The van der Waals surface area contributed by atoms with Crippen molar-refractivity contribution in [2.45, 2.75) is 24.8 Å². The van der Waals surface area contributed by atoms with Crippen LogP contribution in [0.4, 0.5) is 0 Å². The number of nitrogens with zero attached hydrogens (tertiary/aromatic N) is 4. The molecule has 0 unspecified atom stereocenters. The topological polar surface area (TPSA) is 98.5 Å². The van der Waals surface area contributed by atoms with Crippen molar-refractivity contribution >= 4 is 29.4 Å². The third-order valence-corrected chi connectivity index (χ3v) is 4.69. The number of likely N-dealkylation sites (N-methyl/N-ethyl adjacent to an activating group) is 1. The zero-order chi connectivity index (χ0) is 19.4. The van der Waals surface area contributed by atoms with Crippen molar-refractivity contribution in [2.24, 2.45) is 0 Å². The van der Waals surface area contributed by atoms with Crippen LogP contribution in [0.3, 0.4) is 0 Å². The number of hydrogen-bond acceptors (Lipinski definition) is 7. The van der Waals surface area contributed by atoms with E-state index < -0.39 is 5.97 Å². The van der Waals surface area contributed by atoms with E-state index in [2.05, 4.69) is 20.4 Å². The molecule has 0 aliphatic carbocycles. The molecule has 3 rings (SSSR count). The van der Waals surface area contributed by atoms with E-state index in [0.717, 1.165) is 17.0 Å². The Morgan fingerprint density at radius 3 is 2.78 bits per heavy atom. The van der Waals surface area contributed by atoms with Gasteiger partial charge in [-0.25, -0.2) is 14.3 Å². The lowest BCUT2D eigenvalue weighted by molar-refractivity contribution is -0.123. The Labute approximate surface area is 160 Å². The van der Waals surface area contributed by atoms with Gasteiger partial charge in [-0.05, 0) is 31.5 Å². The maximum Gasteiger partial charge on any atom is 0.338 e. The number of hydrogen-bond donors (Lipinski definition) is 1. The second kappa shape index (κ2) is 8.17. The second-order valence-corrected chi connectivity index (χ2v) is 6.78. The molecule has 0 atom stereocenters. The van der Waals surface area contributed by atoms with Gasteiger partial charge in [0.25, 0.3) is 11.7 Å². The minimum absolute atomic E-state index is 0.310. The molecule has 9 heteroatoms. The lowest BCUT2D eigenvalue weighted by atomic mass is 10.1. The predicted molar refractivity (Wildman–Crippen MR) is 101 cm³/mol. The molecule has 0 saturated heterocycles. The molecule has 1 N–H and O–H groups in total. The van der Waals surface area contributed by atoms with Gasteiger partial charge in [-0.3, -0.25) is 4.79 Å². The number of benzene rings is 1. The largest absolute Gasteiger partial charge is 0.452 e. The number of thioether (sulfide) groups is 1. The Balaban J connectivity index is 1.74. The number of nitrogens with one attached hydrogen (secondary N) is 1. The maximum absolute atomic E-state index is 12.3. The van der Waals surface area contributed by atoms with Crippen LogP contribution >= 0.6 is 11.8 Å². The Bertz CT molecular complexity index is 1000. The van der Waals surface area contributed by atoms with Crippen LogP contribution in [-0.2, 0) is 15.3 Å². The zero-order valence-electron chi connectivity index (χ0n) is 15.2. The normalized spacial score (nSPS) is 10.8. The van der Waals surface area contributed by atoms with Crippen molar-refractivity contribution < 1.29 is 14.3 Å². The van der Waals surface area contributed by atoms with Crippen molar-refractivity contribution in [3.8, 4) is 0 Å². The minimum Gasteiger partial charge on any atom is -0.452 e. The fourth-order valence-corrected chi connectivity index (χ4v) is 3.30. The number of aryl methyl sites for hydroxylation is 2. The molecule has 0 bridgehead atoms. The van der Waals surface area contributed by atoms with Crippen molar-refractivity contribution in [2.75, 3.05) is 13.7 Å². The Hall–Kier alpha value is -2.94. The van der Waals surface area contributed by atoms with Crippen molar-refractivity contribution in [3.05, 3.63) is 52.8 Å². The van der Waals surface area contributed by atoms with Crippen LogP contribution < -0.4 is 5.32 Å². The van der Waals surface area contributed by atoms with Crippen LogP contribution in [0.5, 0.6) is 0 Å². The smallest absolute Gasteiger partial charge is 0.338 e. The highest BCUT2D eigenvalue weighted by atomic mass is 32.2. The lowest BCUT2D eigenvalue weighted by Crippen LogP contribution is -2.25. The molecule has 27 heavy (non-hydrogen) atoms. The number of carbonyl (C=O) groups is 2. The fourth-order valence-electron chi connectivity index (χ4n) is 2.48. The van der Waals surface area contributed by atoms with Gasteiger partial charge in [-0.1, -0.05) is 30.0 Å². The molecular formula is C18H19N5O3S. The molecule has 0 radical (unpaired) electrons. The number of esters is 1. The SMILES string of the molecule is CNC(=O)COC(=O)c1ccccc1CSc1nc2nc(C)cc(C)n2n1. The van der Waals surface area contributed by atoms with E-state index in [9.17, 15) is 9.59 Å². The third-order valence-electron chi connectivity index (χ3n) is 3.81. The number of rotatable bonds is 6. The van der Waals surface area contributed by atoms with E-state index in [1.165, 1.54) is 18.8 Å². The summed E-state index contributed by atoms with van der Waals surface area (Å²) < 4.78 is 6.74.